The van der Waals surface area contributed by atoms with E-state index in [1.54, 1.807) is 13.8 Å². The monoisotopic (exact) mass is 160 g/mol. The van der Waals surface area contributed by atoms with Gasteiger partial charge in [-0.3, -0.25) is 0 Å². The smallest absolute Gasteiger partial charge is 0.135 e. The number of hydrogen-bond acceptors (Lipinski definition) is 1. The number of alkyl halides is 1. The zero-order valence-corrected chi connectivity index (χ0v) is 6.40. The van der Waals surface area contributed by atoms with Crippen LogP contribution in [0.3, 0.4) is 0 Å². The summed E-state index contributed by atoms with van der Waals surface area (Å²) in [6.45, 7) is 3.19. The molecular formula is C3H6Cl2OS. The molecule has 0 fully saturated rings. The minimum absolute atomic E-state index is 0.790. The van der Waals surface area contributed by atoms with Crippen molar-refractivity contribution >= 4 is 32.3 Å². The van der Waals surface area contributed by atoms with Crippen molar-refractivity contribution in [2.45, 2.75) is 18.1 Å². The molecule has 7 heavy (non-hydrogen) atoms. The van der Waals surface area contributed by atoms with Gasteiger partial charge in [-0.2, -0.15) is 0 Å². The predicted molar refractivity (Wildman–Crippen MR) is 33.9 cm³/mol. The molecule has 0 saturated carbocycles. The van der Waals surface area contributed by atoms with Crippen molar-refractivity contribution < 1.29 is 4.21 Å². The summed E-state index contributed by atoms with van der Waals surface area (Å²) in [6.07, 6.45) is 0. The highest BCUT2D eigenvalue weighted by Crippen LogP contribution is 2.19. The van der Waals surface area contributed by atoms with E-state index in [0.29, 0.717) is 0 Å². The van der Waals surface area contributed by atoms with E-state index in [4.69, 9.17) is 22.3 Å². The van der Waals surface area contributed by atoms with Crippen molar-refractivity contribution in [1.82, 2.24) is 0 Å². The first-order valence-electron chi connectivity index (χ1n) is 1.71. The van der Waals surface area contributed by atoms with Crippen LogP contribution in [0, 0.1) is 0 Å². The van der Waals surface area contributed by atoms with E-state index < -0.39 is 14.2 Å². The average molecular weight is 161 g/mol. The van der Waals surface area contributed by atoms with E-state index in [2.05, 4.69) is 0 Å². The Balaban J connectivity index is 3.79. The molecule has 0 amide bonds. The van der Waals surface area contributed by atoms with Crippen LogP contribution in [0.15, 0.2) is 0 Å². The molecule has 0 aliphatic heterocycles. The second-order valence-corrected chi connectivity index (χ2v) is 5.06. The molecule has 0 aromatic rings. The maximum Gasteiger partial charge on any atom is 0.135 e. The predicted octanol–water partition coefficient (Wildman–Crippen LogP) is 1.86. The lowest BCUT2D eigenvalue weighted by Crippen LogP contribution is -2.12. The SMILES string of the molecule is CC(C)(Cl)[S@@](=O)Cl. The molecule has 1 atom stereocenters. The molecule has 0 aliphatic carbocycles. The number of halogens is 2. The Bertz CT molecular complexity index is 85.4. The van der Waals surface area contributed by atoms with E-state index in [1.165, 1.54) is 0 Å². The summed E-state index contributed by atoms with van der Waals surface area (Å²) in [5.74, 6) is 0. The molecule has 0 N–H and O–H groups in total. The third kappa shape index (κ3) is 3.32. The third-order valence-corrected chi connectivity index (χ3v) is 2.96. The molecule has 0 bridgehead atoms. The second kappa shape index (κ2) is 2.33. The summed E-state index contributed by atoms with van der Waals surface area (Å²) in [5.41, 5.74) is 0. The van der Waals surface area contributed by atoms with Gasteiger partial charge in [0.15, 0.2) is 0 Å². The van der Waals surface area contributed by atoms with E-state index in [1.807, 2.05) is 0 Å². The van der Waals surface area contributed by atoms with E-state index >= 15 is 0 Å². The van der Waals surface area contributed by atoms with Gasteiger partial charge in [0.25, 0.3) is 0 Å². The Morgan fingerprint density at radius 2 is 1.71 bits per heavy atom. The van der Waals surface area contributed by atoms with Gasteiger partial charge in [-0.25, -0.2) is 4.21 Å². The van der Waals surface area contributed by atoms with Gasteiger partial charge < -0.3 is 0 Å². The van der Waals surface area contributed by atoms with Crippen LogP contribution in [0.5, 0.6) is 0 Å². The molecule has 0 saturated heterocycles. The molecule has 0 unspecified atom stereocenters. The standard InChI is InChI=1S/C3H6Cl2OS/c1-3(2,4)7(5)6/h1-2H3/t7-/m1/s1. The summed E-state index contributed by atoms with van der Waals surface area (Å²) >= 11 is 5.44. The molecule has 0 rings (SSSR count). The molecule has 4 heteroatoms. The Labute approximate surface area is 55.0 Å². The fraction of sp³-hybridized carbons (Fsp3) is 1.00. The number of rotatable bonds is 1. The second-order valence-electron chi connectivity index (χ2n) is 1.59. The summed E-state index contributed by atoms with van der Waals surface area (Å²) < 4.78 is 9.42. The maximum atomic E-state index is 10.2. The van der Waals surface area contributed by atoms with Crippen molar-refractivity contribution in [2.24, 2.45) is 0 Å². The van der Waals surface area contributed by atoms with Crippen LogP contribution < -0.4 is 0 Å². The van der Waals surface area contributed by atoms with Crippen LogP contribution in [0.25, 0.3) is 0 Å². The molecule has 0 spiro atoms. The first-order chi connectivity index (χ1) is 2.94. The van der Waals surface area contributed by atoms with Crippen molar-refractivity contribution in [1.29, 1.82) is 0 Å². The summed E-state index contributed by atoms with van der Waals surface area (Å²) in [7, 11) is 3.65. The molecule has 0 heterocycles. The van der Waals surface area contributed by atoms with Crippen LogP contribution in [0.2, 0.25) is 0 Å². The third-order valence-electron chi connectivity index (χ3n) is 0.382. The lowest BCUT2D eigenvalue weighted by molar-refractivity contribution is 0.681. The molecule has 0 aromatic heterocycles. The van der Waals surface area contributed by atoms with E-state index in [9.17, 15) is 4.21 Å². The van der Waals surface area contributed by atoms with Crippen LogP contribution in [-0.2, 0) is 10.0 Å². The zero-order chi connectivity index (χ0) is 6.08. The fourth-order valence-corrected chi connectivity index (χ4v) is 0. The van der Waals surface area contributed by atoms with Gasteiger partial charge in [-0.05, 0) is 24.5 Å². The van der Waals surface area contributed by atoms with Crippen molar-refractivity contribution in [3.8, 4) is 0 Å². The molecule has 0 radical (unpaired) electrons. The van der Waals surface area contributed by atoms with Crippen molar-refractivity contribution in [3.05, 3.63) is 0 Å². The Hall–Kier alpha value is 0.730. The normalized spacial score (nSPS) is 16.6. The Morgan fingerprint density at radius 3 is 1.71 bits per heavy atom. The highest BCUT2D eigenvalue weighted by molar-refractivity contribution is 8.10. The average Bonchev–Trinajstić information content (AvgIpc) is 1.31. The minimum Gasteiger partial charge on any atom is -0.241 e. The van der Waals surface area contributed by atoms with Crippen LogP contribution in [0.1, 0.15) is 13.8 Å². The largest absolute Gasteiger partial charge is 0.241 e. The van der Waals surface area contributed by atoms with Gasteiger partial charge in [0.2, 0.25) is 0 Å². The molecule has 1 nitrogen and oxygen atoms in total. The Kier molecular flexibility index (Phi) is 2.58. The Morgan fingerprint density at radius 1 is 1.57 bits per heavy atom. The van der Waals surface area contributed by atoms with Gasteiger partial charge in [-0.1, -0.05) is 0 Å². The van der Waals surface area contributed by atoms with Gasteiger partial charge in [-0.15, -0.1) is 11.6 Å². The first kappa shape index (κ1) is 7.73. The van der Waals surface area contributed by atoms with Gasteiger partial charge >= 0.3 is 0 Å². The highest BCUT2D eigenvalue weighted by atomic mass is 35.7. The summed E-state index contributed by atoms with van der Waals surface area (Å²) in [6, 6.07) is 0. The lowest BCUT2D eigenvalue weighted by atomic mass is 10.6. The van der Waals surface area contributed by atoms with Crippen molar-refractivity contribution in [3.63, 3.8) is 0 Å². The van der Waals surface area contributed by atoms with E-state index in [-0.39, 0.29) is 0 Å². The highest BCUT2D eigenvalue weighted by Gasteiger charge is 2.19. The lowest BCUT2D eigenvalue weighted by Gasteiger charge is -2.06. The molecule has 44 valence electrons. The van der Waals surface area contributed by atoms with Gasteiger partial charge in [0.05, 0.1) is 0 Å². The molecular weight excluding hydrogens is 155 g/mol. The van der Waals surface area contributed by atoms with Crippen LogP contribution >= 0.6 is 22.3 Å². The quantitative estimate of drug-likeness (QED) is 0.423. The van der Waals surface area contributed by atoms with E-state index in [0.717, 1.165) is 0 Å². The van der Waals surface area contributed by atoms with Gasteiger partial charge in [0, 0.05) is 0 Å². The summed E-state index contributed by atoms with van der Waals surface area (Å²) in [5, 5.41) is 0. The van der Waals surface area contributed by atoms with Crippen molar-refractivity contribution in [2.75, 3.05) is 0 Å². The fourth-order valence-electron chi connectivity index (χ4n) is 0. The summed E-state index contributed by atoms with van der Waals surface area (Å²) in [4.78, 5) is 0. The van der Waals surface area contributed by atoms with Crippen LogP contribution in [-0.4, -0.2) is 8.42 Å². The first-order valence-corrected chi connectivity index (χ1v) is 4.07. The zero-order valence-electron chi connectivity index (χ0n) is 4.07. The number of hydrogen-bond donors (Lipinski definition) is 0. The van der Waals surface area contributed by atoms with Gasteiger partial charge in [0.1, 0.15) is 14.2 Å². The molecule has 0 aromatic carbocycles. The topological polar surface area (TPSA) is 17.1 Å². The molecule has 0 aliphatic rings. The van der Waals surface area contributed by atoms with Crippen LogP contribution in [0.4, 0.5) is 0 Å². The maximum absolute atomic E-state index is 10.2. The minimum atomic E-state index is -1.45.